The Kier molecular flexibility index (Phi) is 4.12. The van der Waals surface area contributed by atoms with Crippen molar-refractivity contribution in [3.05, 3.63) is 23.8 Å². The van der Waals surface area contributed by atoms with Crippen LogP contribution in [0.5, 0.6) is 0 Å². The van der Waals surface area contributed by atoms with E-state index >= 15 is 0 Å². The minimum Gasteiger partial charge on any atom is -0.393 e. The lowest BCUT2D eigenvalue weighted by molar-refractivity contribution is -0.284. The zero-order chi connectivity index (χ0) is 20.8. The fourth-order valence-corrected chi connectivity index (χ4v) is 7.70. The first-order chi connectivity index (χ1) is 13.6. The van der Waals surface area contributed by atoms with E-state index in [1.807, 2.05) is 13.0 Å². The predicted octanol–water partition coefficient (Wildman–Crippen LogP) is 1.94. The van der Waals surface area contributed by atoms with E-state index in [1.165, 1.54) is 0 Å². The van der Waals surface area contributed by atoms with E-state index in [-0.39, 0.29) is 41.3 Å². The van der Waals surface area contributed by atoms with Crippen molar-refractivity contribution in [3.8, 4) is 0 Å². The average Bonchev–Trinajstić information content (AvgIpc) is 2.87. The molecular weight excluding hydrogens is 372 g/mol. The molecule has 5 rings (SSSR count). The van der Waals surface area contributed by atoms with Gasteiger partial charge in [0.05, 0.1) is 12.2 Å². The molecule has 29 heavy (non-hydrogen) atoms. The molecule has 0 aromatic carbocycles. The van der Waals surface area contributed by atoms with Gasteiger partial charge in [0.1, 0.15) is 6.61 Å². The summed E-state index contributed by atoms with van der Waals surface area (Å²) in [5, 5.41) is 22.6. The maximum absolute atomic E-state index is 13.1. The molecule has 0 aromatic rings. The molecule has 5 aliphatic rings. The topological polar surface area (TPSA) is 93.1 Å². The molecule has 9 atom stereocenters. The number of ether oxygens (including phenoxy) is 2. The number of carbonyl (C=O) groups is 2. The van der Waals surface area contributed by atoms with Gasteiger partial charge in [0.15, 0.2) is 23.5 Å². The van der Waals surface area contributed by atoms with Crippen molar-refractivity contribution in [3.63, 3.8) is 0 Å². The molecule has 158 valence electrons. The normalized spacial score (nSPS) is 54.0. The average molecular weight is 402 g/mol. The fraction of sp³-hybridized carbons (Fsp3) is 0.739. The number of fused-ring (bicyclic) bond motifs is 6. The molecular formula is C23H30O6. The Hall–Kier alpha value is -1.34. The Morgan fingerprint density at radius 2 is 1.97 bits per heavy atom. The molecule has 0 bridgehead atoms. The summed E-state index contributed by atoms with van der Waals surface area (Å²) in [5.41, 5.74) is -1.26. The summed E-state index contributed by atoms with van der Waals surface area (Å²) in [5.74, 6) is -0.0440. The number of carbonyl (C=O) groups excluding carboxylic acids is 2. The predicted molar refractivity (Wildman–Crippen MR) is 104 cm³/mol. The maximum Gasteiger partial charge on any atom is 0.193 e. The van der Waals surface area contributed by atoms with Crippen molar-refractivity contribution in [2.45, 2.75) is 70.6 Å². The van der Waals surface area contributed by atoms with E-state index in [0.29, 0.717) is 12.8 Å². The third kappa shape index (κ3) is 2.32. The summed E-state index contributed by atoms with van der Waals surface area (Å²) in [6.07, 6.45) is 5.70. The summed E-state index contributed by atoms with van der Waals surface area (Å²) >= 11 is 0. The standard InChI is InChI=1S/C23H30O6/c1-12-28-11-19(27)23(29-12)18(26)9-16-15-5-4-13-8-14(24)6-7-21(13,2)20(15)17(25)10-22(16,23)3/h6-8,12,15-18,20,25-26H,4-5,9-11H2,1-3H3. The fourth-order valence-electron chi connectivity index (χ4n) is 7.70. The zero-order valence-corrected chi connectivity index (χ0v) is 17.3. The molecule has 9 unspecified atom stereocenters. The molecule has 1 aliphatic heterocycles. The minimum atomic E-state index is -1.32. The van der Waals surface area contributed by atoms with Crippen LogP contribution in [-0.2, 0) is 19.1 Å². The van der Waals surface area contributed by atoms with Gasteiger partial charge in [0.2, 0.25) is 0 Å². The van der Waals surface area contributed by atoms with Gasteiger partial charge >= 0.3 is 0 Å². The number of ketones is 2. The first-order valence-electron chi connectivity index (χ1n) is 10.8. The van der Waals surface area contributed by atoms with Gasteiger partial charge in [-0.3, -0.25) is 9.59 Å². The van der Waals surface area contributed by atoms with Crippen molar-refractivity contribution in [2.24, 2.45) is 28.6 Å². The molecule has 6 heteroatoms. The number of Topliss-reactive ketones (excluding diaryl/α,β-unsaturated/α-hetero) is 1. The van der Waals surface area contributed by atoms with Crippen LogP contribution in [-0.4, -0.2) is 52.5 Å². The summed E-state index contributed by atoms with van der Waals surface area (Å²) in [7, 11) is 0. The van der Waals surface area contributed by atoms with E-state index in [4.69, 9.17) is 9.47 Å². The lowest BCUT2D eigenvalue weighted by Crippen LogP contribution is -2.67. The Morgan fingerprint density at radius 1 is 1.21 bits per heavy atom. The second-order valence-electron chi connectivity index (χ2n) is 10.1. The van der Waals surface area contributed by atoms with Gasteiger partial charge in [-0.25, -0.2) is 0 Å². The quantitative estimate of drug-likeness (QED) is 0.643. The first kappa shape index (κ1) is 19.6. The molecule has 4 aliphatic carbocycles. The van der Waals surface area contributed by atoms with Crippen LogP contribution in [0.1, 0.15) is 46.5 Å². The zero-order valence-electron chi connectivity index (χ0n) is 17.3. The number of hydrogen-bond acceptors (Lipinski definition) is 6. The number of aliphatic hydroxyl groups is 2. The highest BCUT2D eigenvalue weighted by atomic mass is 16.7. The van der Waals surface area contributed by atoms with Crippen molar-refractivity contribution >= 4 is 11.6 Å². The highest BCUT2D eigenvalue weighted by molar-refractivity contribution is 6.01. The van der Waals surface area contributed by atoms with Crippen LogP contribution in [0.25, 0.3) is 0 Å². The highest BCUT2D eigenvalue weighted by Crippen LogP contribution is 2.68. The van der Waals surface area contributed by atoms with Crippen molar-refractivity contribution in [1.29, 1.82) is 0 Å². The molecule has 3 saturated carbocycles. The van der Waals surface area contributed by atoms with Gasteiger partial charge in [0, 0.05) is 16.7 Å². The minimum absolute atomic E-state index is 0.0106. The maximum atomic E-state index is 13.1. The summed E-state index contributed by atoms with van der Waals surface area (Å²) in [6.45, 7) is 5.81. The van der Waals surface area contributed by atoms with Gasteiger partial charge in [0.25, 0.3) is 0 Å². The molecule has 4 fully saturated rings. The second kappa shape index (κ2) is 6.10. The van der Waals surface area contributed by atoms with Crippen LogP contribution < -0.4 is 0 Å². The lowest BCUT2D eigenvalue weighted by Gasteiger charge is -2.60. The molecule has 1 heterocycles. The summed E-state index contributed by atoms with van der Waals surface area (Å²) in [4.78, 5) is 25.0. The van der Waals surface area contributed by atoms with Gasteiger partial charge < -0.3 is 19.7 Å². The third-order valence-corrected chi connectivity index (χ3v) is 8.90. The SMILES string of the molecule is CC1OCC(=O)C2(O1)C(O)CC1C3CCC4=CC(=O)C=CC4(C)C3C(O)CC12C. The van der Waals surface area contributed by atoms with Crippen LogP contribution in [0, 0.1) is 28.6 Å². The molecule has 6 nitrogen and oxygen atoms in total. The number of hydrogen-bond donors (Lipinski definition) is 2. The van der Waals surface area contributed by atoms with E-state index in [0.717, 1.165) is 18.4 Å². The van der Waals surface area contributed by atoms with Gasteiger partial charge in [-0.2, -0.15) is 0 Å². The van der Waals surface area contributed by atoms with E-state index in [1.54, 1.807) is 19.1 Å². The number of aliphatic hydroxyl groups excluding tert-OH is 2. The van der Waals surface area contributed by atoms with Gasteiger partial charge in [-0.05, 0) is 56.6 Å². The Bertz CT molecular complexity index is 831. The molecule has 1 spiro atoms. The monoisotopic (exact) mass is 402 g/mol. The highest BCUT2D eigenvalue weighted by Gasteiger charge is 2.73. The van der Waals surface area contributed by atoms with E-state index < -0.39 is 29.5 Å². The molecule has 1 saturated heterocycles. The van der Waals surface area contributed by atoms with Crippen LogP contribution in [0.3, 0.4) is 0 Å². The van der Waals surface area contributed by atoms with Crippen LogP contribution in [0.4, 0.5) is 0 Å². The molecule has 0 amide bonds. The van der Waals surface area contributed by atoms with Crippen molar-refractivity contribution in [1.82, 2.24) is 0 Å². The van der Waals surface area contributed by atoms with Gasteiger partial charge in [-0.15, -0.1) is 0 Å². The van der Waals surface area contributed by atoms with E-state index in [9.17, 15) is 19.8 Å². The Balaban J connectivity index is 1.58. The number of rotatable bonds is 0. The van der Waals surface area contributed by atoms with Gasteiger partial charge in [-0.1, -0.05) is 25.5 Å². The summed E-state index contributed by atoms with van der Waals surface area (Å²) in [6, 6.07) is 0. The Labute approximate surface area is 170 Å². The smallest absolute Gasteiger partial charge is 0.193 e. The first-order valence-corrected chi connectivity index (χ1v) is 10.8. The number of allylic oxidation sites excluding steroid dienone is 4. The van der Waals surface area contributed by atoms with E-state index in [2.05, 4.69) is 6.92 Å². The van der Waals surface area contributed by atoms with Crippen LogP contribution in [0.2, 0.25) is 0 Å². The molecule has 0 radical (unpaired) electrons. The molecule has 0 aromatic heterocycles. The second-order valence-corrected chi connectivity index (χ2v) is 10.1. The lowest BCUT2D eigenvalue weighted by atomic mass is 9.46. The van der Waals surface area contributed by atoms with Crippen molar-refractivity contribution < 1.29 is 29.3 Å². The third-order valence-electron chi connectivity index (χ3n) is 8.90. The molecule has 2 N–H and O–H groups in total. The summed E-state index contributed by atoms with van der Waals surface area (Å²) < 4.78 is 11.5. The van der Waals surface area contributed by atoms with Crippen molar-refractivity contribution in [2.75, 3.05) is 6.61 Å². The Morgan fingerprint density at radius 3 is 2.72 bits per heavy atom. The van der Waals surface area contributed by atoms with Crippen LogP contribution >= 0.6 is 0 Å². The van der Waals surface area contributed by atoms with Crippen LogP contribution in [0.15, 0.2) is 23.8 Å². The largest absolute Gasteiger partial charge is 0.393 e.